The lowest BCUT2D eigenvalue weighted by molar-refractivity contribution is -0.133. The van der Waals surface area contributed by atoms with E-state index in [1.54, 1.807) is 4.90 Å². The Kier molecular flexibility index (Phi) is 4.21. The van der Waals surface area contributed by atoms with Gasteiger partial charge in [0.05, 0.1) is 17.6 Å². The minimum Gasteiger partial charge on any atom is -0.481 e. The van der Waals surface area contributed by atoms with Crippen LogP contribution in [0.2, 0.25) is 0 Å². The first-order chi connectivity index (χ1) is 6.59. The molecule has 0 saturated carbocycles. The topological polar surface area (TPSA) is 77.8 Å². The van der Waals surface area contributed by atoms with E-state index in [9.17, 15) is 9.59 Å². The van der Waals surface area contributed by atoms with E-state index in [2.05, 4.69) is 0 Å². The van der Waals surface area contributed by atoms with Gasteiger partial charge in [0, 0.05) is 13.1 Å². The normalized spacial score (nSPS) is 21.2. The third-order valence-corrected chi connectivity index (χ3v) is 2.87. The second kappa shape index (κ2) is 5.21. The van der Waals surface area contributed by atoms with Gasteiger partial charge in [-0.25, -0.2) is 0 Å². The predicted molar refractivity (Wildman–Crippen MR) is 52.2 cm³/mol. The molecule has 1 amide bonds. The second-order valence-corrected chi connectivity index (χ2v) is 4.15. The summed E-state index contributed by atoms with van der Waals surface area (Å²) in [4.78, 5) is 23.1. The van der Waals surface area contributed by atoms with Crippen LogP contribution in [0, 0.1) is 0 Å². The molecule has 1 rings (SSSR count). The first kappa shape index (κ1) is 11.3. The largest absolute Gasteiger partial charge is 0.481 e. The Labute approximate surface area is 86.1 Å². The van der Waals surface area contributed by atoms with Gasteiger partial charge in [0.25, 0.3) is 0 Å². The van der Waals surface area contributed by atoms with E-state index in [4.69, 9.17) is 10.2 Å². The molecule has 1 fully saturated rings. The maximum Gasteiger partial charge on any atom is 0.313 e. The van der Waals surface area contributed by atoms with Crippen LogP contribution in [0.3, 0.4) is 0 Å². The Morgan fingerprint density at radius 3 is 2.64 bits per heavy atom. The molecule has 2 N–H and O–H groups in total. The number of rotatable bonds is 4. The maximum atomic E-state index is 11.4. The lowest BCUT2D eigenvalue weighted by Crippen LogP contribution is -2.31. The molecule has 0 aromatic heterocycles. The summed E-state index contributed by atoms with van der Waals surface area (Å²) >= 11 is 1.09. The molecule has 1 aliphatic rings. The molecule has 1 heterocycles. The SMILES string of the molecule is O=C(O)CSCC(=O)N1CCC(O)C1. The molecule has 0 radical (unpaired) electrons. The Balaban J connectivity index is 2.18. The van der Waals surface area contributed by atoms with Gasteiger partial charge in [0.2, 0.25) is 5.91 Å². The van der Waals surface area contributed by atoms with Gasteiger partial charge in [-0.05, 0) is 6.42 Å². The van der Waals surface area contributed by atoms with Crippen LogP contribution in [0.15, 0.2) is 0 Å². The van der Waals surface area contributed by atoms with Crippen LogP contribution in [-0.2, 0) is 9.59 Å². The van der Waals surface area contributed by atoms with Gasteiger partial charge in [0.15, 0.2) is 0 Å². The van der Waals surface area contributed by atoms with Crippen LogP contribution < -0.4 is 0 Å². The van der Waals surface area contributed by atoms with Crippen molar-refractivity contribution in [3.05, 3.63) is 0 Å². The molecule has 0 aromatic carbocycles. The molecule has 0 aliphatic carbocycles. The number of amides is 1. The molecule has 5 nitrogen and oxygen atoms in total. The molecular weight excluding hydrogens is 206 g/mol. The first-order valence-corrected chi connectivity index (χ1v) is 5.50. The summed E-state index contributed by atoms with van der Waals surface area (Å²) in [5.74, 6) is -0.877. The van der Waals surface area contributed by atoms with E-state index < -0.39 is 12.1 Å². The van der Waals surface area contributed by atoms with Crippen LogP contribution in [-0.4, -0.2) is 57.7 Å². The molecular formula is C8H13NO4S. The van der Waals surface area contributed by atoms with Gasteiger partial charge < -0.3 is 15.1 Å². The van der Waals surface area contributed by atoms with E-state index in [1.165, 1.54) is 0 Å². The number of β-amino-alcohol motifs (C(OH)–C–C–N with tert-alkyl or cyclic N) is 1. The number of likely N-dealkylation sites (tertiary alicyclic amines) is 1. The van der Waals surface area contributed by atoms with Crippen molar-refractivity contribution in [3.63, 3.8) is 0 Å². The van der Waals surface area contributed by atoms with Crippen molar-refractivity contribution in [2.24, 2.45) is 0 Å². The van der Waals surface area contributed by atoms with Crippen molar-refractivity contribution in [1.82, 2.24) is 4.90 Å². The van der Waals surface area contributed by atoms with Crippen LogP contribution in [0.5, 0.6) is 0 Å². The van der Waals surface area contributed by atoms with Crippen molar-refractivity contribution in [2.75, 3.05) is 24.6 Å². The van der Waals surface area contributed by atoms with Crippen molar-refractivity contribution < 1.29 is 19.8 Å². The van der Waals surface area contributed by atoms with E-state index in [-0.39, 0.29) is 17.4 Å². The minimum atomic E-state index is -0.913. The number of carbonyl (C=O) groups is 2. The summed E-state index contributed by atoms with van der Waals surface area (Å²) in [5.41, 5.74) is 0. The number of hydrogen-bond acceptors (Lipinski definition) is 4. The lowest BCUT2D eigenvalue weighted by Gasteiger charge is -2.14. The predicted octanol–water partition coefficient (Wildman–Crippen LogP) is -0.603. The van der Waals surface area contributed by atoms with Crippen molar-refractivity contribution in [1.29, 1.82) is 0 Å². The summed E-state index contributed by atoms with van der Waals surface area (Å²) in [6.07, 6.45) is 0.207. The van der Waals surface area contributed by atoms with Crippen molar-refractivity contribution in [2.45, 2.75) is 12.5 Å². The highest BCUT2D eigenvalue weighted by molar-refractivity contribution is 8.00. The monoisotopic (exact) mass is 219 g/mol. The molecule has 80 valence electrons. The van der Waals surface area contributed by atoms with Gasteiger partial charge >= 0.3 is 5.97 Å². The van der Waals surface area contributed by atoms with Crippen LogP contribution in [0.25, 0.3) is 0 Å². The van der Waals surface area contributed by atoms with Gasteiger partial charge in [-0.1, -0.05) is 0 Å². The molecule has 0 bridgehead atoms. The first-order valence-electron chi connectivity index (χ1n) is 4.35. The molecule has 0 spiro atoms. The Morgan fingerprint density at radius 1 is 1.43 bits per heavy atom. The van der Waals surface area contributed by atoms with Crippen molar-refractivity contribution in [3.8, 4) is 0 Å². The second-order valence-electron chi connectivity index (χ2n) is 3.17. The zero-order valence-electron chi connectivity index (χ0n) is 7.68. The molecule has 1 aliphatic heterocycles. The minimum absolute atomic E-state index is 0.0534. The molecule has 1 unspecified atom stereocenters. The average molecular weight is 219 g/mol. The smallest absolute Gasteiger partial charge is 0.313 e. The van der Waals surface area contributed by atoms with Crippen LogP contribution in [0.1, 0.15) is 6.42 Å². The molecule has 1 saturated heterocycles. The fourth-order valence-corrected chi connectivity index (χ4v) is 1.92. The van der Waals surface area contributed by atoms with Gasteiger partial charge in [-0.15, -0.1) is 11.8 Å². The van der Waals surface area contributed by atoms with E-state index in [0.717, 1.165) is 11.8 Å². The fraction of sp³-hybridized carbons (Fsp3) is 0.750. The van der Waals surface area contributed by atoms with E-state index in [0.29, 0.717) is 19.5 Å². The number of carboxylic acid groups (broad SMARTS) is 1. The summed E-state index contributed by atoms with van der Waals surface area (Å²) in [6, 6.07) is 0. The highest BCUT2D eigenvalue weighted by Gasteiger charge is 2.24. The fourth-order valence-electron chi connectivity index (χ4n) is 1.29. The third-order valence-electron chi connectivity index (χ3n) is 1.97. The number of hydrogen-bond donors (Lipinski definition) is 2. The lowest BCUT2D eigenvalue weighted by atomic mass is 10.3. The summed E-state index contributed by atoms with van der Waals surface area (Å²) < 4.78 is 0. The van der Waals surface area contributed by atoms with Gasteiger partial charge in [-0.3, -0.25) is 9.59 Å². The standard InChI is InChI=1S/C8H13NO4S/c10-6-1-2-9(3-6)7(11)4-14-5-8(12)13/h6,10H,1-5H2,(H,12,13). The zero-order valence-corrected chi connectivity index (χ0v) is 8.50. The van der Waals surface area contributed by atoms with Gasteiger partial charge in [-0.2, -0.15) is 0 Å². The average Bonchev–Trinajstić information content (AvgIpc) is 2.51. The summed E-state index contributed by atoms with van der Waals surface area (Å²) in [5, 5.41) is 17.5. The van der Waals surface area contributed by atoms with E-state index in [1.807, 2.05) is 0 Å². The number of carboxylic acids is 1. The van der Waals surface area contributed by atoms with Gasteiger partial charge in [0.1, 0.15) is 0 Å². The highest BCUT2D eigenvalue weighted by atomic mass is 32.2. The summed E-state index contributed by atoms with van der Waals surface area (Å²) in [6.45, 7) is 0.958. The Hall–Kier alpha value is -0.750. The van der Waals surface area contributed by atoms with Crippen LogP contribution in [0.4, 0.5) is 0 Å². The number of thioether (sulfide) groups is 1. The quantitative estimate of drug-likeness (QED) is 0.660. The number of carbonyl (C=O) groups excluding carboxylic acids is 1. The Bertz CT molecular complexity index is 233. The number of aliphatic carboxylic acids is 1. The Morgan fingerprint density at radius 2 is 2.14 bits per heavy atom. The molecule has 14 heavy (non-hydrogen) atoms. The highest BCUT2D eigenvalue weighted by Crippen LogP contribution is 2.11. The zero-order chi connectivity index (χ0) is 10.6. The third kappa shape index (κ3) is 3.55. The van der Waals surface area contributed by atoms with Crippen LogP contribution >= 0.6 is 11.8 Å². The number of aliphatic hydroxyl groups excluding tert-OH is 1. The van der Waals surface area contributed by atoms with E-state index >= 15 is 0 Å². The number of nitrogens with zero attached hydrogens (tertiary/aromatic N) is 1. The molecule has 0 aromatic rings. The molecule has 6 heteroatoms. The maximum absolute atomic E-state index is 11.4. The number of aliphatic hydroxyl groups is 1. The summed E-state index contributed by atoms with van der Waals surface area (Å²) in [7, 11) is 0. The van der Waals surface area contributed by atoms with Crippen molar-refractivity contribution >= 4 is 23.6 Å². The molecule has 1 atom stereocenters.